The molecule has 2 heterocycles. The summed E-state index contributed by atoms with van der Waals surface area (Å²) in [5, 5.41) is 2.49. The second kappa shape index (κ2) is 7.91. The predicted molar refractivity (Wildman–Crippen MR) is 90.3 cm³/mol. The zero-order valence-corrected chi connectivity index (χ0v) is 15.7. The molecule has 6 nitrogen and oxygen atoms in total. The predicted octanol–water partition coefficient (Wildman–Crippen LogP) is 3.16. The highest BCUT2D eigenvalue weighted by atomic mass is 32.1. The lowest BCUT2D eigenvalue weighted by atomic mass is 10.0. The van der Waals surface area contributed by atoms with Crippen molar-refractivity contribution < 1.29 is 27.5 Å². The van der Waals surface area contributed by atoms with E-state index in [1.807, 2.05) is 0 Å². The summed E-state index contributed by atoms with van der Waals surface area (Å²) in [6.07, 6.45) is -5.15. The van der Waals surface area contributed by atoms with Crippen LogP contribution in [0.15, 0.2) is 0 Å². The van der Waals surface area contributed by atoms with Crippen LogP contribution in [0, 0.1) is 0 Å². The van der Waals surface area contributed by atoms with Crippen LogP contribution in [0.5, 0.6) is 0 Å². The second-order valence-electron chi connectivity index (χ2n) is 7.05. The SMILES string of the molecule is CC(C)(C)OC(=O)N1CCc2snc(C(=O)CNCCC(F)(F)F)c2C1. The smallest absolute Gasteiger partial charge is 0.410 e. The maximum atomic E-state index is 12.3. The van der Waals surface area contributed by atoms with Gasteiger partial charge in [-0.3, -0.25) is 4.79 Å². The Bertz CT molecular complexity index is 668. The van der Waals surface area contributed by atoms with Crippen LogP contribution in [0.25, 0.3) is 0 Å². The molecule has 2 rings (SSSR count). The van der Waals surface area contributed by atoms with Gasteiger partial charge in [-0.25, -0.2) is 4.79 Å². The molecule has 0 unspecified atom stereocenters. The quantitative estimate of drug-likeness (QED) is 0.615. The van der Waals surface area contributed by atoms with Crippen LogP contribution in [-0.4, -0.2) is 52.6 Å². The number of alkyl halides is 3. The Kier molecular flexibility index (Phi) is 6.28. The summed E-state index contributed by atoms with van der Waals surface area (Å²) < 4.78 is 45.9. The zero-order chi connectivity index (χ0) is 19.5. The van der Waals surface area contributed by atoms with E-state index in [1.54, 1.807) is 20.8 Å². The van der Waals surface area contributed by atoms with Crippen LogP contribution < -0.4 is 5.32 Å². The van der Waals surface area contributed by atoms with Crippen molar-refractivity contribution in [1.29, 1.82) is 0 Å². The first-order chi connectivity index (χ1) is 12.0. The lowest BCUT2D eigenvalue weighted by molar-refractivity contribution is -0.133. The van der Waals surface area contributed by atoms with Gasteiger partial charge in [-0.05, 0) is 32.3 Å². The number of nitrogens with one attached hydrogen (secondary N) is 1. The minimum Gasteiger partial charge on any atom is -0.444 e. The number of carbonyl (C=O) groups is 2. The second-order valence-corrected chi connectivity index (χ2v) is 7.91. The maximum absolute atomic E-state index is 12.3. The molecule has 1 aliphatic rings. The number of nitrogens with zero attached hydrogens (tertiary/aromatic N) is 2. The van der Waals surface area contributed by atoms with Crippen molar-refractivity contribution in [2.75, 3.05) is 19.6 Å². The zero-order valence-electron chi connectivity index (χ0n) is 14.9. The molecule has 0 aromatic carbocycles. The summed E-state index contributed by atoms with van der Waals surface area (Å²) in [5.41, 5.74) is 0.262. The summed E-state index contributed by atoms with van der Waals surface area (Å²) >= 11 is 1.19. The van der Waals surface area contributed by atoms with Crippen LogP contribution in [-0.2, 0) is 17.7 Å². The highest BCUT2D eigenvalue weighted by Crippen LogP contribution is 2.27. The molecule has 0 saturated carbocycles. The van der Waals surface area contributed by atoms with E-state index in [1.165, 1.54) is 16.4 Å². The third-order valence-corrected chi connectivity index (χ3v) is 4.56. The van der Waals surface area contributed by atoms with Gasteiger partial charge < -0.3 is 15.0 Å². The van der Waals surface area contributed by atoms with Crippen molar-refractivity contribution in [2.24, 2.45) is 0 Å². The molecule has 0 bridgehead atoms. The molecule has 146 valence electrons. The van der Waals surface area contributed by atoms with Gasteiger partial charge in [-0.15, -0.1) is 0 Å². The lowest BCUT2D eigenvalue weighted by Gasteiger charge is -2.30. The van der Waals surface area contributed by atoms with E-state index in [0.29, 0.717) is 18.5 Å². The van der Waals surface area contributed by atoms with Crippen molar-refractivity contribution in [3.8, 4) is 0 Å². The maximum Gasteiger partial charge on any atom is 0.410 e. The number of Topliss-reactive ketones (excluding diaryl/α,β-unsaturated/α-hetero) is 1. The molecular formula is C16H22F3N3O3S. The molecule has 1 amide bonds. The highest BCUT2D eigenvalue weighted by Gasteiger charge is 2.30. The number of amides is 1. The molecule has 10 heteroatoms. The fraction of sp³-hybridized carbons (Fsp3) is 0.688. The Labute approximate surface area is 153 Å². The van der Waals surface area contributed by atoms with E-state index in [9.17, 15) is 22.8 Å². The number of hydrogen-bond acceptors (Lipinski definition) is 6. The number of carbonyl (C=O) groups excluding carboxylic acids is 2. The van der Waals surface area contributed by atoms with Gasteiger partial charge in [0.05, 0.1) is 19.5 Å². The molecule has 0 radical (unpaired) electrons. The van der Waals surface area contributed by atoms with Crippen LogP contribution in [0.3, 0.4) is 0 Å². The average Bonchev–Trinajstić information content (AvgIpc) is 2.91. The molecule has 0 saturated heterocycles. The van der Waals surface area contributed by atoms with E-state index in [4.69, 9.17) is 4.74 Å². The summed E-state index contributed by atoms with van der Waals surface area (Å²) in [5.74, 6) is -0.379. The molecule has 1 aromatic rings. The topological polar surface area (TPSA) is 71.5 Å². The van der Waals surface area contributed by atoms with Crippen molar-refractivity contribution in [1.82, 2.24) is 14.6 Å². The van der Waals surface area contributed by atoms with E-state index in [0.717, 1.165) is 4.88 Å². The highest BCUT2D eigenvalue weighted by molar-refractivity contribution is 7.06. The summed E-state index contributed by atoms with van der Waals surface area (Å²) in [6.45, 7) is 5.45. The number of aromatic nitrogens is 1. The Hall–Kier alpha value is -1.68. The van der Waals surface area contributed by atoms with Gasteiger partial charge in [-0.2, -0.15) is 17.5 Å². The monoisotopic (exact) mass is 393 g/mol. The molecule has 0 atom stereocenters. The molecule has 0 fully saturated rings. The summed E-state index contributed by atoms with van der Waals surface area (Å²) in [7, 11) is 0. The van der Waals surface area contributed by atoms with Crippen molar-refractivity contribution in [3.63, 3.8) is 0 Å². The number of ether oxygens (including phenoxy) is 1. The molecule has 26 heavy (non-hydrogen) atoms. The molecular weight excluding hydrogens is 371 g/mol. The minimum absolute atomic E-state index is 0.213. The van der Waals surface area contributed by atoms with Crippen molar-refractivity contribution >= 4 is 23.4 Å². The van der Waals surface area contributed by atoms with Gasteiger partial charge in [0.15, 0.2) is 5.78 Å². The third kappa shape index (κ3) is 5.94. The Balaban J connectivity index is 1.97. The largest absolute Gasteiger partial charge is 0.444 e. The van der Waals surface area contributed by atoms with Gasteiger partial charge in [0.25, 0.3) is 0 Å². The van der Waals surface area contributed by atoms with Gasteiger partial charge in [0.2, 0.25) is 0 Å². The number of hydrogen-bond donors (Lipinski definition) is 1. The average molecular weight is 393 g/mol. The molecule has 0 aliphatic carbocycles. The number of ketones is 1. The Morgan fingerprint density at radius 2 is 2.00 bits per heavy atom. The number of fused-ring (bicyclic) bond motifs is 1. The van der Waals surface area contributed by atoms with Crippen LogP contribution in [0.4, 0.5) is 18.0 Å². The van der Waals surface area contributed by atoms with Crippen molar-refractivity contribution in [2.45, 2.75) is 51.9 Å². The molecule has 1 aromatic heterocycles. The Morgan fingerprint density at radius 3 is 2.62 bits per heavy atom. The van der Waals surface area contributed by atoms with Crippen LogP contribution in [0.1, 0.15) is 48.1 Å². The van der Waals surface area contributed by atoms with Crippen LogP contribution in [0.2, 0.25) is 0 Å². The Morgan fingerprint density at radius 1 is 1.31 bits per heavy atom. The molecule has 1 aliphatic heterocycles. The molecule has 1 N–H and O–H groups in total. The number of rotatable bonds is 5. The van der Waals surface area contributed by atoms with E-state index < -0.39 is 24.3 Å². The van der Waals surface area contributed by atoms with E-state index >= 15 is 0 Å². The van der Waals surface area contributed by atoms with Crippen molar-refractivity contribution in [3.05, 3.63) is 16.1 Å². The van der Waals surface area contributed by atoms with Gasteiger partial charge in [-0.1, -0.05) is 0 Å². The first-order valence-corrected chi connectivity index (χ1v) is 8.99. The van der Waals surface area contributed by atoms with E-state index in [2.05, 4.69) is 9.69 Å². The lowest BCUT2D eigenvalue weighted by Crippen LogP contribution is -2.40. The van der Waals surface area contributed by atoms with Gasteiger partial charge >= 0.3 is 12.3 Å². The number of halogens is 3. The molecule has 0 spiro atoms. The standard InChI is InChI=1S/C16H22F3N3O3S/c1-15(2,3)25-14(24)22-7-4-12-10(9-22)13(21-26-12)11(23)8-20-6-5-16(17,18)19/h20H,4-9H2,1-3H3. The summed E-state index contributed by atoms with van der Waals surface area (Å²) in [6, 6.07) is 0. The normalized spacial score (nSPS) is 14.9. The first-order valence-electron chi connectivity index (χ1n) is 8.22. The third-order valence-electron chi connectivity index (χ3n) is 3.61. The van der Waals surface area contributed by atoms with Crippen LogP contribution >= 0.6 is 11.5 Å². The fourth-order valence-corrected chi connectivity index (χ4v) is 3.29. The fourth-order valence-electron chi connectivity index (χ4n) is 2.43. The van der Waals surface area contributed by atoms with Gasteiger partial charge in [0.1, 0.15) is 11.3 Å². The summed E-state index contributed by atoms with van der Waals surface area (Å²) in [4.78, 5) is 26.9. The van der Waals surface area contributed by atoms with E-state index in [-0.39, 0.29) is 31.1 Å². The first kappa shape index (κ1) is 20.6. The minimum atomic E-state index is -4.26. The van der Waals surface area contributed by atoms with Gasteiger partial charge in [0, 0.05) is 30.0 Å².